The molecule has 126 valence electrons. The third kappa shape index (κ3) is 5.25. The molecule has 0 radical (unpaired) electrons. The summed E-state index contributed by atoms with van der Waals surface area (Å²) < 4.78 is 4.91. The number of methoxy groups -OCH3 is 1. The van der Waals surface area contributed by atoms with Crippen molar-refractivity contribution in [3.05, 3.63) is 35.9 Å². The number of rotatable bonds is 6. The normalized spacial score (nSPS) is 15.8. The van der Waals surface area contributed by atoms with Crippen molar-refractivity contribution < 1.29 is 14.3 Å². The highest BCUT2D eigenvalue weighted by molar-refractivity contribution is 5.88. The Kier molecular flexibility index (Phi) is 6.87. The molecule has 1 aromatic rings. The highest BCUT2D eigenvalue weighted by atomic mass is 16.5. The standard InChI is InChI=1S/C17H25N3O3/c1-23-13-10-18-17(22)19-15(14-8-4-2-5-9-14)16(21)20-11-6-3-7-12-20/h2,4-5,8-9,15H,3,6-7,10-13H2,1H3,(H2,18,19,22)/t15-/m0/s1. The molecule has 1 saturated heterocycles. The van der Waals surface area contributed by atoms with Crippen LogP contribution in [0.4, 0.5) is 4.79 Å². The molecule has 0 aromatic heterocycles. The Hall–Kier alpha value is -2.08. The quantitative estimate of drug-likeness (QED) is 0.784. The fourth-order valence-corrected chi connectivity index (χ4v) is 2.68. The van der Waals surface area contributed by atoms with Gasteiger partial charge in [-0.15, -0.1) is 0 Å². The number of hydrogen-bond acceptors (Lipinski definition) is 3. The molecule has 2 rings (SSSR count). The van der Waals surface area contributed by atoms with Gasteiger partial charge in [-0.25, -0.2) is 4.79 Å². The van der Waals surface area contributed by atoms with Crippen LogP contribution in [-0.2, 0) is 9.53 Å². The van der Waals surface area contributed by atoms with E-state index in [-0.39, 0.29) is 11.9 Å². The highest BCUT2D eigenvalue weighted by Crippen LogP contribution is 2.19. The van der Waals surface area contributed by atoms with Crippen LogP contribution in [0.5, 0.6) is 0 Å². The lowest BCUT2D eigenvalue weighted by Crippen LogP contribution is -2.47. The summed E-state index contributed by atoms with van der Waals surface area (Å²) in [6.07, 6.45) is 3.20. The molecule has 1 aliphatic rings. The SMILES string of the molecule is COCCNC(=O)N[C@H](C(=O)N1CCCCC1)c1ccccc1. The molecule has 0 aliphatic carbocycles. The van der Waals surface area contributed by atoms with Crippen LogP contribution in [0.25, 0.3) is 0 Å². The van der Waals surface area contributed by atoms with Gasteiger partial charge >= 0.3 is 6.03 Å². The first-order valence-electron chi connectivity index (χ1n) is 8.09. The summed E-state index contributed by atoms with van der Waals surface area (Å²) in [7, 11) is 1.58. The number of piperidine rings is 1. The van der Waals surface area contributed by atoms with E-state index in [0.29, 0.717) is 13.2 Å². The zero-order valence-corrected chi connectivity index (χ0v) is 13.6. The summed E-state index contributed by atoms with van der Waals surface area (Å²) in [6, 6.07) is 8.35. The molecule has 1 aliphatic heterocycles. The Balaban J connectivity index is 2.05. The number of ether oxygens (including phenoxy) is 1. The van der Waals surface area contributed by atoms with Crippen LogP contribution in [0, 0.1) is 0 Å². The second kappa shape index (κ2) is 9.15. The maximum absolute atomic E-state index is 12.8. The smallest absolute Gasteiger partial charge is 0.315 e. The molecule has 1 fully saturated rings. The van der Waals surface area contributed by atoms with E-state index in [4.69, 9.17) is 4.74 Å². The van der Waals surface area contributed by atoms with Crippen LogP contribution >= 0.6 is 0 Å². The number of hydrogen-bond donors (Lipinski definition) is 2. The monoisotopic (exact) mass is 319 g/mol. The number of benzene rings is 1. The Morgan fingerprint density at radius 2 is 1.87 bits per heavy atom. The molecule has 1 aromatic carbocycles. The molecule has 6 nitrogen and oxygen atoms in total. The number of carbonyl (C=O) groups excluding carboxylic acids is 2. The summed E-state index contributed by atoms with van der Waals surface area (Å²) in [5.41, 5.74) is 0.796. The molecular weight excluding hydrogens is 294 g/mol. The van der Waals surface area contributed by atoms with E-state index in [1.165, 1.54) is 0 Å². The molecule has 6 heteroatoms. The van der Waals surface area contributed by atoms with E-state index in [9.17, 15) is 9.59 Å². The largest absolute Gasteiger partial charge is 0.383 e. The summed E-state index contributed by atoms with van der Waals surface area (Å²) in [5, 5.41) is 5.49. The van der Waals surface area contributed by atoms with Gasteiger partial charge in [-0.3, -0.25) is 4.79 Å². The predicted molar refractivity (Wildman–Crippen MR) is 88.0 cm³/mol. The third-order valence-electron chi connectivity index (χ3n) is 3.91. The summed E-state index contributed by atoms with van der Waals surface area (Å²) in [6.45, 7) is 2.36. The van der Waals surface area contributed by atoms with Crippen molar-refractivity contribution in [2.24, 2.45) is 0 Å². The lowest BCUT2D eigenvalue weighted by atomic mass is 10.0. The van der Waals surface area contributed by atoms with Crippen LogP contribution in [0.15, 0.2) is 30.3 Å². The topological polar surface area (TPSA) is 70.7 Å². The zero-order valence-electron chi connectivity index (χ0n) is 13.6. The van der Waals surface area contributed by atoms with E-state index < -0.39 is 6.04 Å². The summed E-state index contributed by atoms with van der Waals surface area (Å²) in [5.74, 6) is -0.0437. The van der Waals surface area contributed by atoms with Crippen molar-refractivity contribution in [1.82, 2.24) is 15.5 Å². The first-order valence-corrected chi connectivity index (χ1v) is 8.09. The van der Waals surface area contributed by atoms with Crippen molar-refractivity contribution in [2.45, 2.75) is 25.3 Å². The fraction of sp³-hybridized carbons (Fsp3) is 0.529. The lowest BCUT2D eigenvalue weighted by molar-refractivity contribution is -0.134. The van der Waals surface area contributed by atoms with Gasteiger partial charge in [-0.1, -0.05) is 30.3 Å². The van der Waals surface area contributed by atoms with Crippen LogP contribution in [0.1, 0.15) is 30.9 Å². The molecule has 0 saturated carbocycles. The molecule has 3 amide bonds. The van der Waals surface area contributed by atoms with E-state index in [1.807, 2.05) is 35.2 Å². The first-order chi connectivity index (χ1) is 11.2. The molecule has 1 heterocycles. The molecule has 2 N–H and O–H groups in total. The highest BCUT2D eigenvalue weighted by Gasteiger charge is 2.28. The second-order valence-electron chi connectivity index (χ2n) is 5.62. The predicted octanol–water partition coefficient (Wildman–Crippen LogP) is 1.69. The van der Waals surface area contributed by atoms with Gasteiger partial charge in [-0.2, -0.15) is 0 Å². The third-order valence-corrected chi connectivity index (χ3v) is 3.91. The van der Waals surface area contributed by atoms with Crippen LogP contribution < -0.4 is 10.6 Å². The second-order valence-corrected chi connectivity index (χ2v) is 5.62. The van der Waals surface area contributed by atoms with E-state index >= 15 is 0 Å². The van der Waals surface area contributed by atoms with Gasteiger partial charge in [-0.05, 0) is 24.8 Å². The van der Waals surface area contributed by atoms with Crippen molar-refractivity contribution in [3.63, 3.8) is 0 Å². The van der Waals surface area contributed by atoms with Crippen LogP contribution in [-0.4, -0.2) is 50.2 Å². The maximum atomic E-state index is 12.8. The number of carbonyl (C=O) groups is 2. The Morgan fingerprint density at radius 3 is 2.52 bits per heavy atom. The molecule has 0 unspecified atom stereocenters. The molecule has 23 heavy (non-hydrogen) atoms. The minimum atomic E-state index is -0.656. The van der Waals surface area contributed by atoms with Crippen molar-refractivity contribution in [2.75, 3.05) is 33.4 Å². The first kappa shape index (κ1) is 17.3. The van der Waals surface area contributed by atoms with E-state index in [2.05, 4.69) is 10.6 Å². The van der Waals surface area contributed by atoms with Crippen LogP contribution in [0.2, 0.25) is 0 Å². The van der Waals surface area contributed by atoms with Gasteiger partial charge in [0.05, 0.1) is 6.61 Å². The fourth-order valence-electron chi connectivity index (χ4n) is 2.68. The van der Waals surface area contributed by atoms with Crippen LogP contribution in [0.3, 0.4) is 0 Å². The number of nitrogens with one attached hydrogen (secondary N) is 2. The molecule has 0 spiro atoms. The van der Waals surface area contributed by atoms with Gasteiger partial charge in [0.15, 0.2) is 0 Å². The summed E-state index contributed by atoms with van der Waals surface area (Å²) in [4.78, 5) is 26.7. The zero-order chi connectivity index (χ0) is 16.5. The molecule has 1 atom stereocenters. The Bertz CT molecular complexity index is 501. The van der Waals surface area contributed by atoms with Gasteiger partial charge in [0.2, 0.25) is 5.91 Å². The number of likely N-dealkylation sites (tertiary alicyclic amines) is 1. The van der Waals surface area contributed by atoms with Crippen molar-refractivity contribution >= 4 is 11.9 Å². The van der Waals surface area contributed by atoms with Gasteiger partial charge in [0.1, 0.15) is 6.04 Å². The number of amides is 3. The van der Waals surface area contributed by atoms with Crippen molar-refractivity contribution in [3.8, 4) is 0 Å². The average molecular weight is 319 g/mol. The van der Waals surface area contributed by atoms with Gasteiger partial charge in [0.25, 0.3) is 0 Å². The van der Waals surface area contributed by atoms with E-state index in [1.54, 1.807) is 7.11 Å². The molecular formula is C17H25N3O3. The minimum absolute atomic E-state index is 0.0437. The van der Waals surface area contributed by atoms with Gasteiger partial charge in [0, 0.05) is 26.7 Å². The average Bonchev–Trinajstić information content (AvgIpc) is 2.61. The Labute approximate surface area is 137 Å². The number of nitrogens with zero attached hydrogens (tertiary/aromatic N) is 1. The van der Waals surface area contributed by atoms with Crippen molar-refractivity contribution in [1.29, 1.82) is 0 Å². The Morgan fingerprint density at radius 1 is 1.17 bits per heavy atom. The van der Waals surface area contributed by atoms with E-state index in [0.717, 1.165) is 37.9 Å². The summed E-state index contributed by atoms with van der Waals surface area (Å²) >= 11 is 0. The molecule has 0 bridgehead atoms. The minimum Gasteiger partial charge on any atom is -0.383 e. The lowest BCUT2D eigenvalue weighted by Gasteiger charge is -2.31. The number of urea groups is 1. The maximum Gasteiger partial charge on any atom is 0.315 e. The van der Waals surface area contributed by atoms with Gasteiger partial charge < -0.3 is 20.3 Å².